The summed E-state index contributed by atoms with van der Waals surface area (Å²) in [5.41, 5.74) is 0. The molecule has 0 aliphatic carbocycles. The zero-order valence-electron chi connectivity index (χ0n) is 52.0. The summed E-state index contributed by atoms with van der Waals surface area (Å²) in [6.45, 7) is 6.67. The van der Waals surface area contributed by atoms with E-state index in [0.717, 1.165) is 70.6 Å². The average Bonchev–Trinajstić information content (AvgIpc) is 3.43. The standard InChI is InChI=1S/C71H132O6/c1-4-7-10-13-16-19-21-23-25-27-29-31-33-35-37-39-41-43-45-47-49-52-55-58-61-64-70(73)76-67-68(66-75-69(72)63-60-57-54-51-18-15-12-9-6-3)77-71(74)65-62-59-56-53-50-48-46-44-42-40-38-36-34-32-30-28-26-24-22-20-17-14-11-8-5-2/h21,23,27,29,33,35,68H,4-20,22,24-26,28,30-32,34,36-67H2,1-3H3/b23-21-,29-27-,35-33-. The van der Waals surface area contributed by atoms with Crippen molar-refractivity contribution in [2.24, 2.45) is 0 Å². The number of allylic oxidation sites excluding steroid dienone is 6. The molecule has 0 aromatic carbocycles. The van der Waals surface area contributed by atoms with Gasteiger partial charge in [-0.25, -0.2) is 0 Å². The summed E-state index contributed by atoms with van der Waals surface area (Å²) < 4.78 is 16.9. The first-order valence-corrected chi connectivity index (χ1v) is 34.5. The molecule has 0 fully saturated rings. The maximum atomic E-state index is 12.9. The number of ether oxygens (including phenoxy) is 3. The molecular weight excluding hydrogens is 949 g/mol. The predicted octanol–water partition coefficient (Wildman–Crippen LogP) is 23.6. The van der Waals surface area contributed by atoms with Crippen molar-refractivity contribution in [2.75, 3.05) is 13.2 Å². The van der Waals surface area contributed by atoms with Crippen LogP contribution < -0.4 is 0 Å². The Kier molecular flexibility index (Phi) is 64.1. The molecule has 0 aliphatic heterocycles. The van der Waals surface area contributed by atoms with E-state index < -0.39 is 6.10 Å². The molecule has 0 radical (unpaired) electrons. The predicted molar refractivity (Wildman–Crippen MR) is 335 cm³/mol. The van der Waals surface area contributed by atoms with Gasteiger partial charge in [0.15, 0.2) is 6.10 Å². The number of carbonyl (C=O) groups is 3. The third-order valence-electron chi connectivity index (χ3n) is 15.6. The highest BCUT2D eigenvalue weighted by molar-refractivity contribution is 5.71. The highest BCUT2D eigenvalue weighted by atomic mass is 16.6. The molecule has 0 amide bonds. The summed E-state index contributed by atoms with van der Waals surface area (Å²) in [5.74, 6) is -0.848. The summed E-state index contributed by atoms with van der Waals surface area (Å²) in [6.07, 6.45) is 81.8. The molecule has 0 bridgehead atoms. The van der Waals surface area contributed by atoms with Gasteiger partial charge in [-0.15, -0.1) is 0 Å². The molecule has 0 aromatic rings. The molecule has 6 nitrogen and oxygen atoms in total. The van der Waals surface area contributed by atoms with Gasteiger partial charge in [-0.3, -0.25) is 14.4 Å². The number of carbonyl (C=O) groups excluding carboxylic acids is 3. The van der Waals surface area contributed by atoms with Crippen molar-refractivity contribution >= 4 is 17.9 Å². The van der Waals surface area contributed by atoms with Gasteiger partial charge < -0.3 is 14.2 Å². The quantitative estimate of drug-likeness (QED) is 0.0261. The van der Waals surface area contributed by atoms with Gasteiger partial charge in [0.05, 0.1) is 0 Å². The van der Waals surface area contributed by atoms with Gasteiger partial charge in [-0.1, -0.05) is 340 Å². The van der Waals surface area contributed by atoms with Gasteiger partial charge in [0.1, 0.15) is 13.2 Å². The molecular formula is C71H132O6. The van der Waals surface area contributed by atoms with Crippen LogP contribution in [0.1, 0.15) is 380 Å². The topological polar surface area (TPSA) is 78.9 Å². The van der Waals surface area contributed by atoms with Crippen LogP contribution in [-0.2, 0) is 28.6 Å². The molecule has 0 saturated carbocycles. The van der Waals surface area contributed by atoms with E-state index in [4.69, 9.17) is 14.2 Å². The van der Waals surface area contributed by atoms with Crippen LogP contribution in [0.3, 0.4) is 0 Å². The first kappa shape index (κ1) is 74.6. The van der Waals surface area contributed by atoms with Crippen LogP contribution in [0.2, 0.25) is 0 Å². The van der Waals surface area contributed by atoms with Crippen LogP contribution in [0.5, 0.6) is 0 Å². The summed E-state index contributed by atoms with van der Waals surface area (Å²) in [5, 5.41) is 0. The van der Waals surface area contributed by atoms with Crippen LogP contribution in [0.4, 0.5) is 0 Å². The number of esters is 3. The zero-order valence-corrected chi connectivity index (χ0v) is 52.0. The Bertz CT molecular complexity index is 1290. The Morgan fingerprint density at radius 3 is 0.727 bits per heavy atom. The molecule has 1 atom stereocenters. The first-order valence-electron chi connectivity index (χ1n) is 34.5. The van der Waals surface area contributed by atoms with E-state index in [1.165, 1.54) is 270 Å². The van der Waals surface area contributed by atoms with Gasteiger partial charge >= 0.3 is 17.9 Å². The number of unbranched alkanes of at least 4 members (excludes halogenated alkanes) is 47. The van der Waals surface area contributed by atoms with Crippen molar-refractivity contribution in [3.63, 3.8) is 0 Å². The highest BCUT2D eigenvalue weighted by Crippen LogP contribution is 2.18. The van der Waals surface area contributed by atoms with Crippen molar-refractivity contribution < 1.29 is 28.6 Å². The normalized spacial score (nSPS) is 12.2. The van der Waals surface area contributed by atoms with Crippen molar-refractivity contribution in [2.45, 2.75) is 386 Å². The molecule has 77 heavy (non-hydrogen) atoms. The fourth-order valence-corrected chi connectivity index (χ4v) is 10.5. The molecule has 1 unspecified atom stereocenters. The number of hydrogen-bond donors (Lipinski definition) is 0. The van der Waals surface area contributed by atoms with E-state index in [-0.39, 0.29) is 31.1 Å². The van der Waals surface area contributed by atoms with Crippen LogP contribution >= 0.6 is 0 Å². The van der Waals surface area contributed by atoms with E-state index in [1.54, 1.807) is 0 Å². The lowest BCUT2D eigenvalue weighted by Gasteiger charge is -2.18. The van der Waals surface area contributed by atoms with Crippen molar-refractivity contribution in [1.82, 2.24) is 0 Å². The van der Waals surface area contributed by atoms with Gasteiger partial charge in [0.2, 0.25) is 0 Å². The largest absolute Gasteiger partial charge is 0.462 e. The molecule has 0 spiro atoms. The van der Waals surface area contributed by atoms with E-state index in [1.807, 2.05) is 0 Å². The third-order valence-corrected chi connectivity index (χ3v) is 15.6. The smallest absolute Gasteiger partial charge is 0.306 e. The lowest BCUT2D eigenvalue weighted by atomic mass is 10.0. The molecule has 0 saturated heterocycles. The van der Waals surface area contributed by atoms with Gasteiger partial charge in [0.25, 0.3) is 0 Å². The van der Waals surface area contributed by atoms with Gasteiger partial charge in [-0.2, -0.15) is 0 Å². The maximum Gasteiger partial charge on any atom is 0.306 e. The molecule has 0 aromatic heterocycles. The zero-order chi connectivity index (χ0) is 55.7. The average molecular weight is 1080 g/mol. The summed E-state index contributed by atoms with van der Waals surface area (Å²) in [4.78, 5) is 38.3. The Labute approximate surface area is 480 Å². The summed E-state index contributed by atoms with van der Waals surface area (Å²) >= 11 is 0. The summed E-state index contributed by atoms with van der Waals surface area (Å²) in [6, 6.07) is 0. The second-order valence-corrected chi connectivity index (χ2v) is 23.5. The monoisotopic (exact) mass is 1080 g/mol. The molecule has 0 aliphatic rings. The van der Waals surface area contributed by atoms with E-state index in [9.17, 15) is 14.4 Å². The summed E-state index contributed by atoms with van der Waals surface area (Å²) in [7, 11) is 0. The Morgan fingerprint density at radius 2 is 0.468 bits per heavy atom. The van der Waals surface area contributed by atoms with Crippen LogP contribution in [-0.4, -0.2) is 37.2 Å². The molecule has 0 heterocycles. The van der Waals surface area contributed by atoms with Crippen LogP contribution in [0, 0.1) is 0 Å². The minimum absolute atomic E-state index is 0.0680. The number of hydrogen-bond acceptors (Lipinski definition) is 6. The first-order chi connectivity index (χ1) is 38.0. The van der Waals surface area contributed by atoms with Gasteiger partial charge in [-0.05, 0) is 57.8 Å². The maximum absolute atomic E-state index is 12.9. The molecule has 0 rings (SSSR count). The second-order valence-electron chi connectivity index (χ2n) is 23.5. The van der Waals surface area contributed by atoms with Crippen LogP contribution in [0.15, 0.2) is 36.5 Å². The molecule has 452 valence electrons. The van der Waals surface area contributed by atoms with Crippen molar-refractivity contribution in [3.05, 3.63) is 36.5 Å². The van der Waals surface area contributed by atoms with Crippen LogP contribution in [0.25, 0.3) is 0 Å². The second kappa shape index (κ2) is 66.1. The van der Waals surface area contributed by atoms with Crippen molar-refractivity contribution in [1.29, 1.82) is 0 Å². The molecule has 6 heteroatoms. The van der Waals surface area contributed by atoms with Crippen molar-refractivity contribution in [3.8, 4) is 0 Å². The van der Waals surface area contributed by atoms with E-state index in [2.05, 4.69) is 57.2 Å². The SMILES string of the molecule is CCCCCCC/C=C\C/C=C\C/C=C\CCCCCCCCCCCCC(=O)OCC(COC(=O)CCCCCCCCCCC)OC(=O)CCCCCCCCCCCCCCCCCCCCCCCCCCC. The third kappa shape index (κ3) is 64.3. The Hall–Kier alpha value is -2.37. The minimum atomic E-state index is -0.770. The fraction of sp³-hybridized carbons (Fsp3) is 0.873. The Morgan fingerprint density at radius 1 is 0.260 bits per heavy atom. The Balaban J connectivity index is 4.14. The number of rotatable bonds is 64. The van der Waals surface area contributed by atoms with E-state index >= 15 is 0 Å². The molecule has 0 N–H and O–H groups in total. The van der Waals surface area contributed by atoms with Gasteiger partial charge in [0, 0.05) is 19.3 Å². The minimum Gasteiger partial charge on any atom is -0.462 e. The lowest BCUT2D eigenvalue weighted by molar-refractivity contribution is -0.167. The fourth-order valence-electron chi connectivity index (χ4n) is 10.5. The van der Waals surface area contributed by atoms with E-state index in [0.29, 0.717) is 19.3 Å². The highest BCUT2D eigenvalue weighted by Gasteiger charge is 2.19. The lowest BCUT2D eigenvalue weighted by Crippen LogP contribution is -2.30.